The van der Waals surface area contributed by atoms with Gasteiger partial charge in [0.05, 0.1) is 16.9 Å². The summed E-state index contributed by atoms with van der Waals surface area (Å²) < 4.78 is 0.804. The number of hydrogen-bond donors (Lipinski definition) is 2. The van der Waals surface area contributed by atoms with Crippen LogP contribution in [0, 0.1) is 3.57 Å². The average molecular weight is 390 g/mol. The number of nitrogens with one attached hydrogen (secondary N) is 1. The second-order valence-corrected chi connectivity index (χ2v) is 5.90. The molecule has 0 aliphatic carbocycles. The highest BCUT2D eigenvalue weighted by molar-refractivity contribution is 14.1. The lowest BCUT2D eigenvalue weighted by Gasteiger charge is -2.10. The Labute approximate surface area is 136 Å². The van der Waals surface area contributed by atoms with Crippen molar-refractivity contribution >= 4 is 45.7 Å². The van der Waals surface area contributed by atoms with E-state index in [9.17, 15) is 9.59 Å². The van der Waals surface area contributed by atoms with E-state index < -0.39 is 0 Å². The Hall–Kier alpha value is -1.89. The van der Waals surface area contributed by atoms with Crippen LogP contribution in [0.1, 0.15) is 22.8 Å². The lowest BCUT2D eigenvalue weighted by atomic mass is 10.1. The van der Waals surface area contributed by atoms with Gasteiger partial charge in [-0.2, -0.15) is 0 Å². The standard InChI is InChI=1S/C16H15IN2O2/c1-10(20)8-11-6-7-12(13(17)9-11)16(21)19-15-5-3-2-4-14(15)18/h2-7,9H,8,18H2,1H3,(H,19,21)/i17-4. The fraction of sp³-hybridized carbons (Fsp3) is 0.125. The lowest BCUT2D eigenvalue weighted by Crippen LogP contribution is -2.15. The molecule has 0 atom stereocenters. The number of Topliss-reactive ketones (excluding diaryl/α,β-unsaturated/α-hetero) is 1. The number of nitrogen functional groups attached to an aromatic ring is 1. The first-order valence-electron chi connectivity index (χ1n) is 6.41. The SMILES string of the molecule is CC(=O)Cc1ccc(C(=O)Nc2ccccc2N)c([123I])c1. The number of para-hydroxylation sites is 2. The van der Waals surface area contributed by atoms with Gasteiger partial charge in [-0.15, -0.1) is 0 Å². The third-order valence-corrected chi connectivity index (χ3v) is 3.83. The summed E-state index contributed by atoms with van der Waals surface area (Å²) in [6.07, 6.45) is 0.379. The molecule has 0 unspecified atom stereocenters. The minimum Gasteiger partial charge on any atom is -0.397 e. The van der Waals surface area contributed by atoms with E-state index >= 15 is 0 Å². The molecule has 0 saturated carbocycles. The van der Waals surface area contributed by atoms with E-state index in [0.29, 0.717) is 23.4 Å². The maximum Gasteiger partial charge on any atom is 0.256 e. The van der Waals surface area contributed by atoms with E-state index in [4.69, 9.17) is 5.73 Å². The van der Waals surface area contributed by atoms with Gasteiger partial charge in [0.2, 0.25) is 0 Å². The Kier molecular flexibility index (Phi) is 4.95. The van der Waals surface area contributed by atoms with Crippen LogP contribution in [-0.4, -0.2) is 11.7 Å². The van der Waals surface area contributed by atoms with Gasteiger partial charge in [-0.3, -0.25) is 9.59 Å². The van der Waals surface area contributed by atoms with Crippen LogP contribution < -0.4 is 11.1 Å². The number of carbonyl (C=O) groups excluding carboxylic acids is 2. The summed E-state index contributed by atoms with van der Waals surface area (Å²) in [6.45, 7) is 1.55. The molecule has 0 aromatic heterocycles. The first-order chi connectivity index (χ1) is 9.97. The van der Waals surface area contributed by atoms with E-state index in [0.717, 1.165) is 9.13 Å². The molecule has 0 saturated heterocycles. The van der Waals surface area contributed by atoms with E-state index in [-0.39, 0.29) is 11.7 Å². The van der Waals surface area contributed by atoms with Crippen molar-refractivity contribution in [2.75, 3.05) is 11.1 Å². The molecule has 0 bridgehead atoms. The van der Waals surface area contributed by atoms with Crippen LogP contribution in [0.5, 0.6) is 0 Å². The molecule has 2 rings (SSSR count). The van der Waals surface area contributed by atoms with Crippen molar-refractivity contribution in [1.82, 2.24) is 0 Å². The van der Waals surface area contributed by atoms with Crippen LogP contribution in [0.4, 0.5) is 11.4 Å². The predicted molar refractivity (Wildman–Crippen MR) is 92.4 cm³/mol. The Bertz CT molecular complexity index is 698. The summed E-state index contributed by atoms with van der Waals surface area (Å²) in [4.78, 5) is 23.4. The zero-order chi connectivity index (χ0) is 15.4. The molecule has 0 radical (unpaired) electrons. The third kappa shape index (κ3) is 4.04. The average Bonchev–Trinajstić information content (AvgIpc) is 2.40. The Morgan fingerprint density at radius 2 is 1.90 bits per heavy atom. The zero-order valence-electron chi connectivity index (χ0n) is 11.5. The molecule has 0 aliphatic heterocycles. The Morgan fingerprint density at radius 1 is 1.19 bits per heavy atom. The smallest absolute Gasteiger partial charge is 0.256 e. The van der Waals surface area contributed by atoms with Crippen molar-refractivity contribution < 1.29 is 9.59 Å². The molecule has 2 aromatic carbocycles. The molecular formula is C16H15IN2O2. The van der Waals surface area contributed by atoms with Gasteiger partial charge < -0.3 is 11.1 Å². The van der Waals surface area contributed by atoms with Crippen molar-refractivity contribution in [3.63, 3.8) is 0 Å². The maximum absolute atomic E-state index is 12.3. The number of carbonyl (C=O) groups is 2. The van der Waals surface area contributed by atoms with Crippen LogP contribution in [0.2, 0.25) is 0 Å². The summed E-state index contributed by atoms with van der Waals surface area (Å²) >= 11 is 2.10. The van der Waals surface area contributed by atoms with Gasteiger partial charge in [-0.05, 0) is 59.3 Å². The number of halogens is 1. The van der Waals surface area contributed by atoms with Crippen molar-refractivity contribution in [2.24, 2.45) is 0 Å². The van der Waals surface area contributed by atoms with E-state index in [2.05, 4.69) is 27.9 Å². The van der Waals surface area contributed by atoms with Gasteiger partial charge in [0.25, 0.3) is 5.91 Å². The molecular weight excluding hydrogens is 375 g/mol. The highest BCUT2D eigenvalue weighted by Crippen LogP contribution is 2.20. The largest absolute Gasteiger partial charge is 0.397 e. The van der Waals surface area contributed by atoms with E-state index in [1.54, 1.807) is 31.2 Å². The maximum atomic E-state index is 12.3. The first-order valence-corrected chi connectivity index (χ1v) is 7.49. The zero-order valence-corrected chi connectivity index (χ0v) is 13.7. The third-order valence-electron chi connectivity index (χ3n) is 2.94. The van der Waals surface area contributed by atoms with Gasteiger partial charge >= 0.3 is 0 Å². The van der Waals surface area contributed by atoms with Crippen LogP contribution in [0.25, 0.3) is 0 Å². The second-order valence-electron chi connectivity index (χ2n) is 4.73. The molecule has 3 N–H and O–H groups in total. The monoisotopic (exact) mass is 390 g/mol. The van der Waals surface area contributed by atoms with Crippen LogP contribution >= 0.6 is 22.6 Å². The van der Waals surface area contributed by atoms with Gasteiger partial charge in [0, 0.05) is 9.99 Å². The minimum atomic E-state index is -0.216. The van der Waals surface area contributed by atoms with E-state index in [1.807, 2.05) is 18.2 Å². The molecule has 0 aliphatic rings. The van der Waals surface area contributed by atoms with Crippen molar-refractivity contribution in [1.29, 1.82) is 0 Å². The number of benzene rings is 2. The fourth-order valence-corrected chi connectivity index (χ4v) is 2.77. The van der Waals surface area contributed by atoms with Crippen LogP contribution in [-0.2, 0) is 11.2 Å². The number of hydrogen-bond acceptors (Lipinski definition) is 3. The topological polar surface area (TPSA) is 72.2 Å². The highest BCUT2D eigenvalue weighted by Gasteiger charge is 2.12. The number of ketones is 1. The van der Waals surface area contributed by atoms with Gasteiger partial charge in [0.1, 0.15) is 5.78 Å². The second kappa shape index (κ2) is 6.71. The van der Waals surface area contributed by atoms with Crippen molar-refractivity contribution in [2.45, 2.75) is 13.3 Å². The Balaban J connectivity index is 2.20. The van der Waals surface area contributed by atoms with Gasteiger partial charge in [-0.25, -0.2) is 0 Å². The highest BCUT2D eigenvalue weighted by atomic mass is 123. The van der Waals surface area contributed by atoms with Gasteiger partial charge in [0.15, 0.2) is 0 Å². The summed E-state index contributed by atoms with van der Waals surface area (Å²) in [5.41, 5.74) is 8.39. The van der Waals surface area contributed by atoms with Crippen LogP contribution in [0.3, 0.4) is 0 Å². The molecule has 0 fully saturated rings. The fourth-order valence-electron chi connectivity index (χ4n) is 1.94. The quantitative estimate of drug-likeness (QED) is 0.622. The molecule has 2 aromatic rings. The van der Waals surface area contributed by atoms with Crippen molar-refractivity contribution in [3.05, 3.63) is 57.2 Å². The molecule has 0 heterocycles. The van der Waals surface area contributed by atoms with Gasteiger partial charge in [-0.1, -0.05) is 18.2 Å². The number of nitrogens with two attached hydrogens (primary N) is 1. The summed E-state index contributed by atoms with van der Waals surface area (Å²) in [7, 11) is 0. The number of anilines is 2. The van der Waals surface area contributed by atoms with Crippen LogP contribution in [0.15, 0.2) is 42.5 Å². The molecule has 108 valence electrons. The summed E-state index contributed by atoms with van der Waals surface area (Å²) in [5.74, 6) is -0.119. The summed E-state index contributed by atoms with van der Waals surface area (Å²) in [6, 6.07) is 12.5. The minimum absolute atomic E-state index is 0.0973. The Morgan fingerprint density at radius 3 is 2.52 bits per heavy atom. The predicted octanol–water partition coefficient (Wildman–Crippen LogP) is 3.26. The molecule has 4 nitrogen and oxygen atoms in total. The number of amides is 1. The lowest BCUT2D eigenvalue weighted by molar-refractivity contribution is -0.116. The molecule has 1 amide bonds. The first kappa shape index (κ1) is 15.5. The summed E-state index contributed by atoms with van der Waals surface area (Å²) in [5, 5.41) is 2.79. The van der Waals surface area contributed by atoms with Crippen molar-refractivity contribution in [3.8, 4) is 0 Å². The van der Waals surface area contributed by atoms with E-state index in [1.165, 1.54) is 0 Å². The normalized spacial score (nSPS) is 10.2. The molecule has 5 heteroatoms. The molecule has 21 heavy (non-hydrogen) atoms. The molecule has 0 spiro atoms. The number of rotatable bonds is 4.